The van der Waals surface area contributed by atoms with Crippen LogP contribution in [0.1, 0.15) is 37.6 Å². The van der Waals surface area contributed by atoms with Crippen molar-refractivity contribution in [1.29, 1.82) is 0 Å². The molecule has 0 saturated carbocycles. The molecular formula is C14H22N2O2. The first-order valence-electron chi connectivity index (χ1n) is 6.24. The van der Waals surface area contributed by atoms with Crippen LogP contribution in [0.4, 0.5) is 5.69 Å². The number of nitrogens with one attached hydrogen (secondary N) is 1. The minimum Gasteiger partial charge on any atom is -0.495 e. The minimum absolute atomic E-state index is 0.0962. The van der Waals surface area contributed by atoms with Crippen LogP contribution >= 0.6 is 0 Å². The lowest BCUT2D eigenvalue weighted by molar-refractivity contribution is 0.0928. The Morgan fingerprint density at radius 1 is 1.44 bits per heavy atom. The summed E-state index contributed by atoms with van der Waals surface area (Å²) in [6.45, 7) is 6.24. The van der Waals surface area contributed by atoms with Crippen molar-refractivity contribution >= 4 is 11.6 Å². The van der Waals surface area contributed by atoms with E-state index in [1.54, 1.807) is 18.2 Å². The highest BCUT2D eigenvalue weighted by atomic mass is 16.5. The second kappa shape index (κ2) is 6.28. The summed E-state index contributed by atoms with van der Waals surface area (Å²) in [5, 5.41) is 2.98. The van der Waals surface area contributed by atoms with Crippen LogP contribution in [-0.4, -0.2) is 19.1 Å². The zero-order valence-corrected chi connectivity index (χ0v) is 11.5. The van der Waals surface area contributed by atoms with Gasteiger partial charge in [0.25, 0.3) is 5.91 Å². The van der Waals surface area contributed by atoms with E-state index in [1.165, 1.54) is 7.11 Å². The maximum Gasteiger partial charge on any atom is 0.251 e. The molecule has 0 aliphatic rings. The number of amides is 1. The summed E-state index contributed by atoms with van der Waals surface area (Å²) in [5.41, 5.74) is 6.81. The van der Waals surface area contributed by atoms with Crippen molar-refractivity contribution in [2.45, 2.75) is 33.2 Å². The van der Waals surface area contributed by atoms with Crippen molar-refractivity contribution in [2.24, 2.45) is 5.92 Å². The molecule has 18 heavy (non-hydrogen) atoms. The van der Waals surface area contributed by atoms with Crippen LogP contribution in [0.5, 0.6) is 5.75 Å². The molecule has 0 radical (unpaired) electrons. The van der Waals surface area contributed by atoms with E-state index in [1.807, 2.05) is 6.92 Å². The molecule has 2 unspecified atom stereocenters. The normalized spacial score (nSPS) is 13.8. The van der Waals surface area contributed by atoms with Gasteiger partial charge in [-0.15, -0.1) is 0 Å². The summed E-state index contributed by atoms with van der Waals surface area (Å²) in [4.78, 5) is 12.0. The number of anilines is 1. The fraction of sp³-hybridized carbons (Fsp3) is 0.500. The molecule has 0 fully saturated rings. The number of hydrogen-bond acceptors (Lipinski definition) is 3. The van der Waals surface area contributed by atoms with E-state index in [0.717, 1.165) is 6.42 Å². The molecule has 3 N–H and O–H groups in total. The maximum atomic E-state index is 12.0. The van der Waals surface area contributed by atoms with Crippen LogP contribution in [-0.2, 0) is 0 Å². The lowest BCUT2D eigenvalue weighted by atomic mass is 10.0. The molecule has 1 aromatic carbocycles. The van der Waals surface area contributed by atoms with Gasteiger partial charge in [-0.25, -0.2) is 0 Å². The highest BCUT2D eigenvalue weighted by Gasteiger charge is 2.15. The molecule has 2 atom stereocenters. The molecule has 1 aromatic rings. The standard InChI is InChI=1S/C14H22N2O2/c1-5-9(2)10(3)16-14(17)11-6-7-12(15)13(8-11)18-4/h6-10H,5,15H2,1-4H3,(H,16,17). The fourth-order valence-electron chi connectivity index (χ4n) is 1.64. The SMILES string of the molecule is CCC(C)C(C)NC(=O)c1ccc(N)c(OC)c1. The number of methoxy groups -OCH3 is 1. The molecule has 100 valence electrons. The van der Waals surface area contributed by atoms with Gasteiger partial charge in [-0.1, -0.05) is 20.3 Å². The second-order valence-corrected chi connectivity index (χ2v) is 4.60. The molecule has 1 rings (SSSR count). The Hall–Kier alpha value is -1.71. The Kier molecular flexibility index (Phi) is 5.01. The van der Waals surface area contributed by atoms with Gasteiger partial charge in [-0.3, -0.25) is 4.79 Å². The van der Waals surface area contributed by atoms with Gasteiger partial charge in [0.2, 0.25) is 0 Å². The molecule has 4 heteroatoms. The zero-order chi connectivity index (χ0) is 13.7. The third kappa shape index (κ3) is 3.39. The van der Waals surface area contributed by atoms with E-state index >= 15 is 0 Å². The summed E-state index contributed by atoms with van der Waals surface area (Å²) in [6.07, 6.45) is 1.03. The Balaban J connectivity index is 2.78. The van der Waals surface area contributed by atoms with Crippen molar-refractivity contribution in [2.75, 3.05) is 12.8 Å². The summed E-state index contributed by atoms with van der Waals surface area (Å²) >= 11 is 0. The topological polar surface area (TPSA) is 64.4 Å². The predicted octanol–water partition coefficient (Wildman–Crippen LogP) is 2.44. The molecule has 0 heterocycles. The summed E-state index contributed by atoms with van der Waals surface area (Å²) in [5.74, 6) is 0.879. The third-order valence-corrected chi connectivity index (χ3v) is 3.35. The number of rotatable bonds is 5. The van der Waals surface area contributed by atoms with Gasteiger partial charge < -0.3 is 15.8 Å². The molecule has 0 saturated heterocycles. The van der Waals surface area contributed by atoms with E-state index in [4.69, 9.17) is 10.5 Å². The molecule has 0 spiro atoms. The molecule has 0 bridgehead atoms. The van der Waals surface area contributed by atoms with Gasteiger partial charge in [0.15, 0.2) is 0 Å². The highest BCUT2D eigenvalue weighted by molar-refractivity contribution is 5.95. The quantitative estimate of drug-likeness (QED) is 0.789. The van der Waals surface area contributed by atoms with Crippen LogP contribution in [0.2, 0.25) is 0 Å². The lowest BCUT2D eigenvalue weighted by Crippen LogP contribution is -2.36. The van der Waals surface area contributed by atoms with E-state index in [-0.39, 0.29) is 11.9 Å². The zero-order valence-electron chi connectivity index (χ0n) is 11.5. The Morgan fingerprint density at radius 3 is 2.67 bits per heavy atom. The number of nitrogens with two attached hydrogens (primary N) is 1. The van der Waals surface area contributed by atoms with Crippen LogP contribution in [0.25, 0.3) is 0 Å². The van der Waals surface area contributed by atoms with Gasteiger partial charge in [-0.2, -0.15) is 0 Å². The second-order valence-electron chi connectivity index (χ2n) is 4.60. The van der Waals surface area contributed by atoms with Crippen LogP contribution in [0, 0.1) is 5.92 Å². The molecule has 4 nitrogen and oxygen atoms in total. The van der Waals surface area contributed by atoms with Crippen molar-refractivity contribution in [3.63, 3.8) is 0 Å². The van der Waals surface area contributed by atoms with Gasteiger partial charge in [-0.05, 0) is 31.0 Å². The monoisotopic (exact) mass is 250 g/mol. The molecule has 0 aliphatic heterocycles. The first-order chi connectivity index (χ1) is 8.49. The highest BCUT2D eigenvalue weighted by Crippen LogP contribution is 2.22. The Bertz CT molecular complexity index is 418. The molecule has 1 amide bonds. The number of carbonyl (C=O) groups is 1. The molecule has 0 aliphatic carbocycles. The number of benzene rings is 1. The average molecular weight is 250 g/mol. The Morgan fingerprint density at radius 2 is 2.11 bits per heavy atom. The number of carbonyl (C=O) groups excluding carboxylic acids is 1. The fourth-order valence-corrected chi connectivity index (χ4v) is 1.64. The van der Waals surface area contributed by atoms with E-state index in [2.05, 4.69) is 19.2 Å². The predicted molar refractivity (Wildman–Crippen MR) is 73.8 cm³/mol. The largest absolute Gasteiger partial charge is 0.495 e. The first-order valence-corrected chi connectivity index (χ1v) is 6.24. The van der Waals surface area contributed by atoms with Crippen LogP contribution in [0.3, 0.4) is 0 Å². The van der Waals surface area contributed by atoms with E-state index in [9.17, 15) is 4.79 Å². The van der Waals surface area contributed by atoms with Gasteiger partial charge >= 0.3 is 0 Å². The van der Waals surface area contributed by atoms with Gasteiger partial charge in [0.1, 0.15) is 5.75 Å². The summed E-state index contributed by atoms with van der Waals surface area (Å²) < 4.78 is 5.10. The van der Waals surface area contributed by atoms with Crippen LogP contribution < -0.4 is 15.8 Å². The molecular weight excluding hydrogens is 228 g/mol. The van der Waals surface area contributed by atoms with Crippen LogP contribution in [0.15, 0.2) is 18.2 Å². The smallest absolute Gasteiger partial charge is 0.251 e. The van der Waals surface area contributed by atoms with Crippen molar-refractivity contribution in [3.05, 3.63) is 23.8 Å². The number of ether oxygens (including phenoxy) is 1. The average Bonchev–Trinajstić information content (AvgIpc) is 2.37. The summed E-state index contributed by atoms with van der Waals surface area (Å²) in [7, 11) is 1.54. The van der Waals surface area contributed by atoms with Crippen molar-refractivity contribution in [3.8, 4) is 5.75 Å². The Labute approximate surface area is 109 Å². The number of nitrogen functional groups attached to an aromatic ring is 1. The van der Waals surface area contributed by atoms with Crippen molar-refractivity contribution in [1.82, 2.24) is 5.32 Å². The number of hydrogen-bond donors (Lipinski definition) is 2. The third-order valence-electron chi connectivity index (χ3n) is 3.35. The lowest BCUT2D eigenvalue weighted by Gasteiger charge is -2.20. The van der Waals surface area contributed by atoms with Gasteiger partial charge in [0, 0.05) is 11.6 Å². The maximum absolute atomic E-state index is 12.0. The first kappa shape index (κ1) is 14.4. The van der Waals surface area contributed by atoms with E-state index < -0.39 is 0 Å². The van der Waals surface area contributed by atoms with Crippen molar-refractivity contribution < 1.29 is 9.53 Å². The van der Waals surface area contributed by atoms with E-state index in [0.29, 0.717) is 22.9 Å². The molecule has 0 aromatic heterocycles. The summed E-state index contributed by atoms with van der Waals surface area (Å²) in [6, 6.07) is 5.19. The minimum atomic E-state index is -0.0962. The van der Waals surface area contributed by atoms with Gasteiger partial charge in [0.05, 0.1) is 12.8 Å².